The molecule has 0 saturated carbocycles. The molecule has 1 N–H and O–H groups in total. The van der Waals surface area contributed by atoms with Gasteiger partial charge in [-0.3, -0.25) is 9.78 Å². The van der Waals surface area contributed by atoms with Gasteiger partial charge < -0.3 is 14.7 Å². The van der Waals surface area contributed by atoms with E-state index < -0.39 is 6.10 Å². The lowest BCUT2D eigenvalue weighted by Crippen LogP contribution is -2.35. The molecule has 0 aliphatic carbocycles. The van der Waals surface area contributed by atoms with Crippen LogP contribution in [0.25, 0.3) is 0 Å². The van der Waals surface area contributed by atoms with Crippen molar-refractivity contribution < 1.29 is 14.6 Å². The van der Waals surface area contributed by atoms with Gasteiger partial charge in [-0.25, -0.2) is 0 Å². The van der Waals surface area contributed by atoms with Crippen LogP contribution in [0.15, 0.2) is 12.1 Å². The fourth-order valence-corrected chi connectivity index (χ4v) is 1.42. The van der Waals surface area contributed by atoms with E-state index in [1.807, 2.05) is 6.92 Å². The molecule has 0 bridgehead atoms. The maximum Gasteiger partial charge on any atom is 0.262 e. The molecule has 94 valence electrons. The first-order valence-electron chi connectivity index (χ1n) is 5.41. The van der Waals surface area contributed by atoms with Crippen molar-refractivity contribution in [2.45, 2.75) is 26.6 Å². The smallest absolute Gasteiger partial charge is 0.262 e. The van der Waals surface area contributed by atoms with Gasteiger partial charge in [-0.2, -0.15) is 0 Å². The number of aromatic nitrogens is 1. The van der Waals surface area contributed by atoms with Gasteiger partial charge in [0.1, 0.15) is 11.4 Å². The summed E-state index contributed by atoms with van der Waals surface area (Å²) >= 11 is 0. The summed E-state index contributed by atoms with van der Waals surface area (Å²) in [4.78, 5) is 17.2. The third-order valence-corrected chi connectivity index (χ3v) is 2.31. The zero-order valence-electron chi connectivity index (χ0n) is 10.6. The zero-order valence-corrected chi connectivity index (χ0v) is 10.6. The number of carbonyl (C=O) groups excluding carboxylic acids is 1. The Morgan fingerprint density at radius 1 is 1.53 bits per heavy atom. The minimum Gasteiger partial charge on any atom is -0.479 e. The van der Waals surface area contributed by atoms with Gasteiger partial charge in [0, 0.05) is 19.8 Å². The molecule has 1 aromatic heterocycles. The summed E-state index contributed by atoms with van der Waals surface area (Å²) in [5.41, 5.74) is 1.25. The number of hydrogen-bond donors (Lipinski definition) is 1. The Kier molecular flexibility index (Phi) is 4.45. The normalized spacial score (nSPS) is 12.1. The van der Waals surface area contributed by atoms with Crippen LogP contribution in [-0.4, -0.2) is 41.1 Å². The van der Waals surface area contributed by atoms with Crippen LogP contribution in [0.3, 0.4) is 0 Å². The highest BCUT2D eigenvalue weighted by Crippen LogP contribution is 2.18. The molecule has 0 aliphatic rings. The van der Waals surface area contributed by atoms with E-state index in [0.717, 1.165) is 5.69 Å². The Morgan fingerprint density at radius 3 is 2.71 bits per heavy atom. The molecule has 1 rings (SSSR count). The highest BCUT2D eigenvalue weighted by Gasteiger charge is 2.18. The molecular weight excluding hydrogens is 220 g/mol. The predicted molar refractivity (Wildman–Crippen MR) is 63.7 cm³/mol. The van der Waals surface area contributed by atoms with E-state index in [-0.39, 0.29) is 12.5 Å². The molecule has 1 heterocycles. The van der Waals surface area contributed by atoms with Crippen LogP contribution in [0.5, 0.6) is 5.75 Å². The molecule has 1 atom stereocenters. The molecule has 1 amide bonds. The third-order valence-electron chi connectivity index (χ3n) is 2.31. The molecular formula is C12H18N2O3. The van der Waals surface area contributed by atoms with Gasteiger partial charge in [0.2, 0.25) is 0 Å². The van der Waals surface area contributed by atoms with Crippen LogP contribution in [-0.2, 0) is 11.4 Å². The molecule has 0 radical (unpaired) electrons. The summed E-state index contributed by atoms with van der Waals surface area (Å²) in [7, 11) is 3.34. The van der Waals surface area contributed by atoms with Crippen molar-refractivity contribution in [1.29, 1.82) is 0 Å². The number of rotatable bonds is 4. The summed E-state index contributed by atoms with van der Waals surface area (Å²) in [5.74, 6) is 0.315. The average Bonchev–Trinajstić information content (AvgIpc) is 2.30. The van der Waals surface area contributed by atoms with Crippen molar-refractivity contribution in [3.8, 4) is 5.75 Å². The number of amides is 1. The van der Waals surface area contributed by atoms with E-state index in [1.54, 1.807) is 33.2 Å². The molecule has 0 aliphatic heterocycles. The van der Waals surface area contributed by atoms with Crippen molar-refractivity contribution in [2.24, 2.45) is 0 Å². The molecule has 0 spiro atoms. The number of likely N-dealkylation sites (N-methyl/N-ethyl adjacent to an activating group) is 1. The van der Waals surface area contributed by atoms with Gasteiger partial charge in [-0.1, -0.05) is 0 Å². The Balaban J connectivity index is 2.84. The lowest BCUT2D eigenvalue weighted by Gasteiger charge is -2.19. The SMILES string of the molecule is Cc1ccc(OC(C)C(=O)N(C)C)c(CO)n1. The summed E-state index contributed by atoms with van der Waals surface area (Å²) in [5, 5.41) is 9.17. The van der Waals surface area contributed by atoms with E-state index in [0.29, 0.717) is 11.4 Å². The van der Waals surface area contributed by atoms with Crippen molar-refractivity contribution in [3.63, 3.8) is 0 Å². The topological polar surface area (TPSA) is 62.7 Å². The zero-order chi connectivity index (χ0) is 13.0. The van der Waals surface area contributed by atoms with E-state index in [4.69, 9.17) is 9.84 Å². The van der Waals surface area contributed by atoms with E-state index >= 15 is 0 Å². The number of nitrogens with zero attached hydrogens (tertiary/aromatic N) is 2. The Bertz CT molecular complexity index is 405. The summed E-state index contributed by atoms with van der Waals surface area (Å²) in [6, 6.07) is 3.49. The van der Waals surface area contributed by atoms with Crippen LogP contribution in [0.4, 0.5) is 0 Å². The molecule has 5 heteroatoms. The van der Waals surface area contributed by atoms with Crippen LogP contribution >= 0.6 is 0 Å². The molecule has 0 aromatic carbocycles. The maximum absolute atomic E-state index is 11.6. The minimum atomic E-state index is -0.597. The minimum absolute atomic E-state index is 0.130. The molecule has 1 aromatic rings. The molecule has 1 unspecified atom stereocenters. The second-order valence-corrected chi connectivity index (χ2v) is 4.05. The second kappa shape index (κ2) is 5.63. The lowest BCUT2D eigenvalue weighted by molar-refractivity contribution is -0.135. The first kappa shape index (κ1) is 13.4. The van der Waals surface area contributed by atoms with E-state index in [2.05, 4.69) is 4.98 Å². The molecule has 5 nitrogen and oxygen atoms in total. The monoisotopic (exact) mass is 238 g/mol. The quantitative estimate of drug-likeness (QED) is 0.840. The summed E-state index contributed by atoms with van der Waals surface area (Å²) in [6.45, 7) is 3.29. The fraction of sp³-hybridized carbons (Fsp3) is 0.500. The van der Waals surface area contributed by atoms with Crippen molar-refractivity contribution in [3.05, 3.63) is 23.5 Å². The molecule has 17 heavy (non-hydrogen) atoms. The Morgan fingerprint density at radius 2 is 2.18 bits per heavy atom. The number of pyridine rings is 1. The average molecular weight is 238 g/mol. The van der Waals surface area contributed by atoms with Gasteiger partial charge in [-0.05, 0) is 26.0 Å². The molecule has 0 saturated heterocycles. The first-order chi connectivity index (χ1) is 7.95. The van der Waals surface area contributed by atoms with Gasteiger partial charge in [0.25, 0.3) is 5.91 Å². The van der Waals surface area contributed by atoms with Crippen LogP contribution < -0.4 is 4.74 Å². The standard InChI is InChI=1S/C12H18N2O3/c1-8-5-6-11(10(7-15)13-8)17-9(2)12(16)14(3)4/h5-6,9,15H,7H2,1-4H3. The lowest BCUT2D eigenvalue weighted by atomic mass is 10.3. The summed E-state index contributed by atoms with van der Waals surface area (Å²) < 4.78 is 5.50. The van der Waals surface area contributed by atoms with Crippen LogP contribution in [0.1, 0.15) is 18.3 Å². The maximum atomic E-state index is 11.6. The summed E-state index contributed by atoms with van der Waals surface area (Å²) in [6.07, 6.45) is -0.597. The number of aryl methyl sites for hydroxylation is 1. The number of ether oxygens (including phenoxy) is 1. The largest absolute Gasteiger partial charge is 0.479 e. The van der Waals surface area contributed by atoms with Gasteiger partial charge in [0.15, 0.2) is 6.10 Å². The van der Waals surface area contributed by atoms with E-state index in [1.165, 1.54) is 4.90 Å². The van der Waals surface area contributed by atoms with Gasteiger partial charge >= 0.3 is 0 Å². The van der Waals surface area contributed by atoms with Crippen LogP contribution in [0.2, 0.25) is 0 Å². The predicted octanol–water partition coefficient (Wildman–Crippen LogP) is 0.738. The van der Waals surface area contributed by atoms with Crippen molar-refractivity contribution >= 4 is 5.91 Å². The van der Waals surface area contributed by atoms with Gasteiger partial charge in [-0.15, -0.1) is 0 Å². The number of aliphatic hydroxyl groups is 1. The molecule has 0 fully saturated rings. The third kappa shape index (κ3) is 3.42. The highest BCUT2D eigenvalue weighted by molar-refractivity contribution is 5.80. The first-order valence-corrected chi connectivity index (χ1v) is 5.41. The Labute approximate surface area is 101 Å². The fourth-order valence-electron chi connectivity index (χ4n) is 1.42. The number of carbonyl (C=O) groups is 1. The van der Waals surface area contributed by atoms with Crippen LogP contribution in [0, 0.1) is 6.92 Å². The second-order valence-electron chi connectivity index (χ2n) is 4.05. The van der Waals surface area contributed by atoms with E-state index in [9.17, 15) is 4.79 Å². The van der Waals surface area contributed by atoms with Crippen molar-refractivity contribution in [2.75, 3.05) is 14.1 Å². The Hall–Kier alpha value is -1.62. The van der Waals surface area contributed by atoms with Gasteiger partial charge in [0.05, 0.1) is 6.61 Å². The van der Waals surface area contributed by atoms with Crippen molar-refractivity contribution in [1.82, 2.24) is 9.88 Å². The number of hydrogen-bond acceptors (Lipinski definition) is 4. The number of aliphatic hydroxyl groups excluding tert-OH is 1. The highest BCUT2D eigenvalue weighted by atomic mass is 16.5.